The number of pyridine rings is 1. The molecule has 1 aromatic carbocycles. The summed E-state index contributed by atoms with van der Waals surface area (Å²) in [5.74, 6) is -0.917. The normalized spacial score (nSPS) is 10.1. The number of aryl methyl sites for hydroxylation is 1. The molecule has 2 aromatic rings. The van der Waals surface area contributed by atoms with Crippen LogP contribution in [0.1, 0.15) is 21.5 Å². The summed E-state index contributed by atoms with van der Waals surface area (Å²) in [6.45, 7) is 2.56. The van der Waals surface area contributed by atoms with Crippen molar-refractivity contribution < 1.29 is 9.90 Å². The number of anilines is 1. The van der Waals surface area contributed by atoms with E-state index in [1.807, 2.05) is 19.1 Å². The molecule has 18 heavy (non-hydrogen) atoms. The van der Waals surface area contributed by atoms with Gasteiger partial charge in [0.1, 0.15) is 0 Å². The van der Waals surface area contributed by atoms with Gasteiger partial charge in [0.25, 0.3) is 0 Å². The van der Waals surface area contributed by atoms with E-state index in [0.717, 1.165) is 16.8 Å². The van der Waals surface area contributed by atoms with Crippen molar-refractivity contribution in [2.45, 2.75) is 13.5 Å². The van der Waals surface area contributed by atoms with E-state index in [1.54, 1.807) is 30.6 Å². The summed E-state index contributed by atoms with van der Waals surface area (Å²) in [5.41, 5.74) is 3.19. The van der Waals surface area contributed by atoms with Crippen LogP contribution in [0.2, 0.25) is 0 Å². The van der Waals surface area contributed by atoms with Gasteiger partial charge in [-0.25, -0.2) is 4.79 Å². The number of carbonyl (C=O) groups is 1. The fourth-order valence-corrected chi connectivity index (χ4v) is 1.65. The molecule has 1 heterocycles. The van der Waals surface area contributed by atoms with E-state index in [0.29, 0.717) is 6.54 Å². The first kappa shape index (κ1) is 12.1. The van der Waals surface area contributed by atoms with E-state index in [2.05, 4.69) is 10.3 Å². The quantitative estimate of drug-likeness (QED) is 0.865. The Bertz CT molecular complexity index is 553. The highest BCUT2D eigenvalue weighted by Crippen LogP contribution is 2.17. The smallest absolute Gasteiger partial charge is 0.335 e. The van der Waals surface area contributed by atoms with Gasteiger partial charge in [-0.3, -0.25) is 4.98 Å². The van der Waals surface area contributed by atoms with Crippen molar-refractivity contribution in [2.24, 2.45) is 0 Å². The lowest BCUT2D eigenvalue weighted by molar-refractivity contribution is 0.0697. The summed E-state index contributed by atoms with van der Waals surface area (Å²) in [5, 5.41) is 12.2. The molecule has 4 nitrogen and oxygen atoms in total. The van der Waals surface area contributed by atoms with Crippen molar-refractivity contribution >= 4 is 11.7 Å². The van der Waals surface area contributed by atoms with Crippen molar-refractivity contribution in [1.29, 1.82) is 0 Å². The zero-order valence-corrected chi connectivity index (χ0v) is 10.1. The molecular formula is C14H14N2O2. The van der Waals surface area contributed by atoms with E-state index < -0.39 is 5.97 Å². The Balaban J connectivity index is 2.14. The van der Waals surface area contributed by atoms with Crippen molar-refractivity contribution in [3.05, 3.63) is 59.4 Å². The van der Waals surface area contributed by atoms with Gasteiger partial charge in [0.05, 0.1) is 5.56 Å². The number of hydrogen-bond donors (Lipinski definition) is 2. The molecule has 1 aromatic heterocycles. The molecule has 2 N–H and O–H groups in total. The molecule has 4 heteroatoms. The van der Waals surface area contributed by atoms with Crippen LogP contribution in [-0.2, 0) is 6.54 Å². The highest BCUT2D eigenvalue weighted by molar-refractivity contribution is 5.89. The Hall–Kier alpha value is -2.36. The topological polar surface area (TPSA) is 62.2 Å². The summed E-state index contributed by atoms with van der Waals surface area (Å²) in [6.07, 6.45) is 3.50. The minimum absolute atomic E-state index is 0.286. The number of carboxylic acid groups (broad SMARTS) is 1. The van der Waals surface area contributed by atoms with Crippen LogP contribution in [-0.4, -0.2) is 16.1 Å². The maximum Gasteiger partial charge on any atom is 0.335 e. The molecule has 0 bridgehead atoms. The average molecular weight is 242 g/mol. The minimum atomic E-state index is -0.917. The van der Waals surface area contributed by atoms with Crippen LogP contribution in [0.25, 0.3) is 0 Å². The molecule has 0 amide bonds. The summed E-state index contributed by atoms with van der Waals surface area (Å²) in [6, 6.07) is 8.89. The molecule has 0 fully saturated rings. The van der Waals surface area contributed by atoms with Crippen LogP contribution in [0.3, 0.4) is 0 Å². The van der Waals surface area contributed by atoms with Gasteiger partial charge < -0.3 is 10.4 Å². The monoisotopic (exact) mass is 242 g/mol. The van der Waals surface area contributed by atoms with Gasteiger partial charge in [-0.15, -0.1) is 0 Å². The van der Waals surface area contributed by atoms with E-state index in [9.17, 15) is 4.79 Å². The second-order valence-corrected chi connectivity index (χ2v) is 4.05. The summed E-state index contributed by atoms with van der Waals surface area (Å²) in [7, 11) is 0. The Kier molecular flexibility index (Phi) is 3.57. The van der Waals surface area contributed by atoms with Crippen LogP contribution in [0.4, 0.5) is 5.69 Å². The number of aromatic nitrogens is 1. The first-order valence-corrected chi connectivity index (χ1v) is 5.63. The Morgan fingerprint density at radius 3 is 2.89 bits per heavy atom. The predicted molar refractivity (Wildman–Crippen MR) is 69.7 cm³/mol. The third kappa shape index (κ3) is 2.85. The van der Waals surface area contributed by atoms with E-state index in [-0.39, 0.29) is 5.56 Å². The molecule has 0 aliphatic rings. The maximum absolute atomic E-state index is 10.9. The fourth-order valence-electron chi connectivity index (χ4n) is 1.65. The Morgan fingerprint density at radius 2 is 2.22 bits per heavy atom. The molecule has 0 spiro atoms. The van der Waals surface area contributed by atoms with Crippen LogP contribution in [0, 0.1) is 6.92 Å². The highest BCUT2D eigenvalue weighted by Gasteiger charge is 2.05. The lowest BCUT2D eigenvalue weighted by Gasteiger charge is -2.10. The van der Waals surface area contributed by atoms with Gasteiger partial charge in [-0.05, 0) is 36.2 Å². The highest BCUT2D eigenvalue weighted by atomic mass is 16.4. The van der Waals surface area contributed by atoms with Gasteiger partial charge in [-0.2, -0.15) is 0 Å². The first-order valence-electron chi connectivity index (χ1n) is 5.63. The Morgan fingerprint density at radius 1 is 1.39 bits per heavy atom. The number of nitrogens with one attached hydrogen (secondary N) is 1. The van der Waals surface area contributed by atoms with E-state index in [1.165, 1.54) is 0 Å². The van der Waals surface area contributed by atoms with Crippen LogP contribution in [0.15, 0.2) is 42.7 Å². The summed E-state index contributed by atoms with van der Waals surface area (Å²) < 4.78 is 0. The number of hydrogen-bond acceptors (Lipinski definition) is 3. The molecule has 0 aliphatic carbocycles. The van der Waals surface area contributed by atoms with Crippen LogP contribution < -0.4 is 5.32 Å². The van der Waals surface area contributed by atoms with Crippen molar-refractivity contribution in [1.82, 2.24) is 4.98 Å². The largest absolute Gasteiger partial charge is 0.478 e. The van der Waals surface area contributed by atoms with E-state index in [4.69, 9.17) is 5.11 Å². The number of benzene rings is 1. The molecular weight excluding hydrogens is 228 g/mol. The molecule has 0 saturated heterocycles. The SMILES string of the molecule is Cc1ccc(C(=O)O)cc1NCc1cccnc1. The van der Waals surface area contributed by atoms with Crippen LogP contribution in [0.5, 0.6) is 0 Å². The summed E-state index contributed by atoms with van der Waals surface area (Å²) in [4.78, 5) is 14.9. The van der Waals surface area contributed by atoms with Crippen molar-refractivity contribution in [2.75, 3.05) is 5.32 Å². The maximum atomic E-state index is 10.9. The number of rotatable bonds is 4. The third-order valence-corrected chi connectivity index (χ3v) is 2.69. The number of carboxylic acids is 1. The number of nitrogens with zero attached hydrogens (tertiary/aromatic N) is 1. The van der Waals surface area contributed by atoms with Gasteiger partial charge in [0.2, 0.25) is 0 Å². The zero-order valence-electron chi connectivity index (χ0n) is 10.1. The molecule has 0 saturated carbocycles. The molecule has 0 aliphatic heterocycles. The second kappa shape index (κ2) is 5.31. The van der Waals surface area contributed by atoms with E-state index >= 15 is 0 Å². The second-order valence-electron chi connectivity index (χ2n) is 4.05. The van der Waals surface area contributed by atoms with Crippen molar-refractivity contribution in [3.63, 3.8) is 0 Å². The van der Waals surface area contributed by atoms with Gasteiger partial charge in [-0.1, -0.05) is 12.1 Å². The van der Waals surface area contributed by atoms with Crippen LogP contribution >= 0.6 is 0 Å². The molecule has 0 radical (unpaired) electrons. The molecule has 92 valence electrons. The summed E-state index contributed by atoms with van der Waals surface area (Å²) >= 11 is 0. The predicted octanol–water partition coefficient (Wildman–Crippen LogP) is 2.70. The molecule has 0 unspecified atom stereocenters. The lowest BCUT2D eigenvalue weighted by Crippen LogP contribution is -2.04. The van der Waals surface area contributed by atoms with Gasteiger partial charge in [0.15, 0.2) is 0 Å². The first-order chi connectivity index (χ1) is 8.66. The van der Waals surface area contributed by atoms with Gasteiger partial charge >= 0.3 is 5.97 Å². The zero-order chi connectivity index (χ0) is 13.0. The van der Waals surface area contributed by atoms with Gasteiger partial charge in [0, 0.05) is 24.6 Å². The van der Waals surface area contributed by atoms with Crippen molar-refractivity contribution in [3.8, 4) is 0 Å². The molecule has 2 rings (SSSR count). The minimum Gasteiger partial charge on any atom is -0.478 e. The lowest BCUT2D eigenvalue weighted by atomic mass is 10.1. The number of aromatic carboxylic acids is 1. The third-order valence-electron chi connectivity index (χ3n) is 2.69. The fraction of sp³-hybridized carbons (Fsp3) is 0.143. The Labute approximate surface area is 105 Å². The molecule has 0 atom stereocenters. The average Bonchev–Trinajstić information content (AvgIpc) is 2.38. The standard InChI is InChI=1S/C14H14N2O2/c1-10-4-5-12(14(17)18)7-13(10)16-9-11-3-2-6-15-8-11/h2-8,16H,9H2,1H3,(H,17,18).